The van der Waals surface area contributed by atoms with Crippen LogP contribution in [0.4, 0.5) is 5.69 Å². The van der Waals surface area contributed by atoms with Crippen molar-refractivity contribution in [2.45, 2.75) is 6.92 Å². The number of carbonyl (C=O) groups excluding carboxylic acids is 1. The number of benzene rings is 2. The summed E-state index contributed by atoms with van der Waals surface area (Å²) in [6.45, 7) is 1.92. The van der Waals surface area contributed by atoms with Gasteiger partial charge in [0.05, 0.1) is 5.56 Å². The van der Waals surface area contributed by atoms with Gasteiger partial charge in [0.15, 0.2) is 0 Å². The summed E-state index contributed by atoms with van der Waals surface area (Å²) in [6.07, 6.45) is 1.32. The largest absolute Gasteiger partial charge is 0.478 e. The number of amides is 1. The molecule has 6 nitrogen and oxygen atoms in total. The Balaban J connectivity index is 1.83. The molecule has 0 radical (unpaired) electrons. The molecule has 1 heterocycles. The number of nitrogens with zero attached hydrogens (tertiary/aromatic N) is 1. The van der Waals surface area contributed by atoms with Gasteiger partial charge in [0, 0.05) is 22.3 Å². The summed E-state index contributed by atoms with van der Waals surface area (Å²) in [5.74, 6) is -0.906. The number of nitriles is 1. The van der Waals surface area contributed by atoms with Gasteiger partial charge in [-0.25, -0.2) is 4.79 Å². The van der Waals surface area contributed by atoms with Crippen molar-refractivity contribution < 1.29 is 19.1 Å². The van der Waals surface area contributed by atoms with Crippen LogP contribution in [0.1, 0.15) is 21.7 Å². The Labute approximate surface area is 171 Å². The Kier molecular flexibility index (Phi) is 5.82. The van der Waals surface area contributed by atoms with E-state index in [0.29, 0.717) is 16.5 Å². The van der Waals surface area contributed by atoms with Gasteiger partial charge in [-0.3, -0.25) is 4.79 Å². The lowest BCUT2D eigenvalue weighted by Crippen LogP contribution is -2.13. The molecule has 2 aromatic carbocycles. The molecule has 0 aliphatic carbocycles. The zero-order chi connectivity index (χ0) is 21.0. The van der Waals surface area contributed by atoms with Gasteiger partial charge >= 0.3 is 5.97 Å². The SMILES string of the molecule is Cc1ccc(Cl)cc1-c1ccc(/C=C(/C#N)C(=O)Nc2cccc(C(=O)O)c2)o1. The molecule has 1 aromatic heterocycles. The van der Waals surface area contributed by atoms with E-state index in [1.54, 1.807) is 24.3 Å². The lowest BCUT2D eigenvalue weighted by molar-refractivity contribution is -0.112. The lowest BCUT2D eigenvalue weighted by Gasteiger charge is -2.05. The molecule has 0 saturated heterocycles. The van der Waals surface area contributed by atoms with E-state index in [0.717, 1.165) is 11.1 Å². The number of nitrogens with one attached hydrogen (secondary N) is 1. The van der Waals surface area contributed by atoms with Crippen molar-refractivity contribution in [3.8, 4) is 17.4 Å². The normalized spacial score (nSPS) is 11.0. The highest BCUT2D eigenvalue weighted by Crippen LogP contribution is 2.29. The fourth-order valence-electron chi connectivity index (χ4n) is 2.65. The number of rotatable bonds is 5. The zero-order valence-electron chi connectivity index (χ0n) is 15.3. The fourth-order valence-corrected chi connectivity index (χ4v) is 2.83. The molecule has 0 fully saturated rings. The van der Waals surface area contributed by atoms with E-state index in [1.807, 2.05) is 19.1 Å². The molecule has 3 rings (SSSR count). The van der Waals surface area contributed by atoms with Crippen LogP contribution in [0, 0.1) is 18.3 Å². The molecule has 7 heteroatoms. The van der Waals surface area contributed by atoms with E-state index in [4.69, 9.17) is 21.1 Å². The molecule has 0 bridgehead atoms. The van der Waals surface area contributed by atoms with Crippen molar-refractivity contribution in [2.75, 3.05) is 5.32 Å². The average Bonchev–Trinajstić information content (AvgIpc) is 3.16. The molecule has 144 valence electrons. The Morgan fingerprint density at radius 1 is 1.17 bits per heavy atom. The van der Waals surface area contributed by atoms with Crippen LogP contribution in [0.2, 0.25) is 5.02 Å². The van der Waals surface area contributed by atoms with Crippen LogP contribution in [0.25, 0.3) is 17.4 Å². The quantitative estimate of drug-likeness (QED) is 0.450. The highest BCUT2D eigenvalue weighted by atomic mass is 35.5. The van der Waals surface area contributed by atoms with Gasteiger partial charge in [-0.05, 0) is 55.0 Å². The molecular formula is C22H15ClN2O4. The second kappa shape index (κ2) is 8.46. The van der Waals surface area contributed by atoms with Crippen LogP contribution in [0.3, 0.4) is 0 Å². The number of aromatic carboxylic acids is 1. The number of halogens is 1. The predicted octanol–water partition coefficient (Wildman–Crippen LogP) is 5.15. The van der Waals surface area contributed by atoms with Crippen LogP contribution in [0.5, 0.6) is 0 Å². The number of carboxylic acids is 1. The molecule has 0 aliphatic rings. The summed E-state index contributed by atoms with van der Waals surface area (Å²) >= 11 is 6.04. The van der Waals surface area contributed by atoms with E-state index in [2.05, 4.69) is 5.32 Å². The van der Waals surface area contributed by atoms with E-state index < -0.39 is 11.9 Å². The first kappa shape index (κ1) is 19.9. The van der Waals surface area contributed by atoms with Gasteiger partial charge in [0.25, 0.3) is 5.91 Å². The maximum atomic E-state index is 12.4. The van der Waals surface area contributed by atoms with Gasteiger partial charge in [-0.15, -0.1) is 0 Å². The first-order valence-electron chi connectivity index (χ1n) is 8.50. The van der Waals surface area contributed by atoms with Crippen molar-refractivity contribution in [1.29, 1.82) is 5.26 Å². The minimum atomic E-state index is -1.11. The van der Waals surface area contributed by atoms with Crippen molar-refractivity contribution in [2.24, 2.45) is 0 Å². The van der Waals surface area contributed by atoms with Crippen LogP contribution < -0.4 is 5.32 Å². The van der Waals surface area contributed by atoms with Crippen LogP contribution in [-0.4, -0.2) is 17.0 Å². The average molecular weight is 407 g/mol. The van der Waals surface area contributed by atoms with Gasteiger partial charge in [-0.2, -0.15) is 5.26 Å². The van der Waals surface area contributed by atoms with E-state index in [9.17, 15) is 14.9 Å². The van der Waals surface area contributed by atoms with Crippen molar-refractivity contribution in [3.05, 3.63) is 82.1 Å². The van der Waals surface area contributed by atoms with Crippen LogP contribution in [-0.2, 0) is 4.79 Å². The third kappa shape index (κ3) is 4.72. The maximum absolute atomic E-state index is 12.4. The van der Waals surface area contributed by atoms with Crippen molar-refractivity contribution >= 4 is 35.2 Å². The third-order valence-electron chi connectivity index (χ3n) is 4.11. The molecule has 0 spiro atoms. The Morgan fingerprint density at radius 2 is 1.97 bits per heavy atom. The van der Waals surface area contributed by atoms with Gasteiger partial charge in [-0.1, -0.05) is 23.7 Å². The number of hydrogen-bond donors (Lipinski definition) is 2. The Bertz CT molecular complexity index is 1170. The van der Waals surface area contributed by atoms with Crippen LogP contribution in [0.15, 0.2) is 64.6 Å². The predicted molar refractivity (Wildman–Crippen MR) is 110 cm³/mol. The number of anilines is 1. The van der Waals surface area contributed by atoms with E-state index in [1.165, 1.54) is 30.3 Å². The summed E-state index contributed by atoms with van der Waals surface area (Å²) < 4.78 is 5.74. The monoisotopic (exact) mass is 406 g/mol. The minimum absolute atomic E-state index is 0.0258. The summed E-state index contributed by atoms with van der Waals surface area (Å²) in [5.41, 5.74) is 1.89. The zero-order valence-corrected chi connectivity index (χ0v) is 16.0. The first-order valence-corrected chi connectivity index (χ1v) is 8.88. The van der Waals surface area contributed by atoms with Crippen molar-refractivity contribution in [1.82, 2.24) is 0 Å². The van der Waals surface area contributed by atoms with Gasteiger partial charge < -0.3 is 14.8 Å². The summed E-state index contributed by atoms with van der Waals surface area (Å²) in [7, 11) is 0. The second-order valence-electron chi connectivity index (χ2n) is 6.17. The molecule has 0 saturated carbocycles. The summed E-state index contributed by atoms with van der Waals surface area (Å²) in [5, 5.41) is 21.5. The minimum Gasteiger partial charge on any atom is -0.478 e. The lowest BCUT2D eigenvalue weighted by atomic mass is 10.1. The van der Waals surface area contributed by atoms with Crippen molar-refractivity contribution in [3.63, 3.8) is 0 Å². The molecule has 3 aromatic rings. The molecule has 2 N–H and O–H groups in total. The Morgan fingerprint density at radius 3 is 2.69 bits per heavy atom. The van der Waals surface area contributed by atoms with Gasteiger partial charge in [0.1, 0.15) is 23.2 Å². The molecule has 29 heavy (non-hydrogen) atoms. The molecule has 0 unspecified atom stereocenters. The van der Waals surface area contributed by atoms with E-state index >= 15 is 0 Å². The summed E-state index contributed by atoms with van der Waals surface area (Å²) in [4.78, 5) is 23.4. The summed E-state index contributed by atoms with van der Waals surface area (Å²) in [6, 6.07) is 16.4. The van der Waals surface area contributed by atoms with Crippen LogP contribution >= 0.6 is 11.6 Å². The number of aryl methyl sites for hydroxylation is 1. The number of furan rings is 1. The smallest absolute Gasteiger partial charge is 0.335 e. The number of hydrogen-bond acceptors (Lipinski definition) is 4. The fraction of sp³-hybridized carbons (Fsp3) is 0.0455. The number of carboxylic acid groups (broad SMARTS) is 1. The molecule has 1 amide bonds. The number of carbonyl (C=O) groups is 2. The topological polar surface area (TPSA) is 103 Å². The highest BCUT2D eigenvalue weighted by Gasteiger charge is 2.13. The molecular weight excluding hydrogens is 392 g/mol. The first-order chi connectivity index (χ1) is 13.9. The Hall–Kier alpha value is -3.82. The highest BCUT2D eigenvalue weighted by molar-refractivity contribution is 6.30. The third-order valence-corrected chi connectivity index (χ3v) is 4.35. The second-order valence-corrected chi connectivity index (χ2v) is 6.61. The van der Waals surface area contributed by atoms with Gasteiger partial charge in [0.2, 0.25) is 0 Å². The molecule has 0 aliphatic heterocycles. The standard InChI is InChI=1S/C22H15ClN2O4/c1-13-5-6-16(23)11-19(13)20-8-7-18(29-20)10-15(12-24)21(26)25-17-4-2-3-14(9-17)22(27)28/h2-11H,1H3,(H,25,26)(H,27,28)/b15-10-. The maximum Gasteiger partial charge on any atom is 0.335 e. The van der Waals surface area contributed by atoms with E-state index in [-0.39, 0.29) is 16.8 Å². The molecule has 0 atom stereocenters.